The Balaban J connectivity index is 2.14. The first kappa shape index (κ1) is 16.4. The summed E-state index contributed by atoms with van der Waals surface area (Å²) in [6, 6.07) is 3.45. The molecule has 0 spiro atoms. The van der Waals surface area contributed by atoms with Crippen molar-refractivity contribution in [2.75, 3.05) is 21.3 Å². The molecule has 3 aromatic rings. The average Bonchev–Trinajstić information content (AvgIpc) is 3.01. The molecule has 0 unspecified atom stereocenters. The second-order valence-corrected chi connectivity index (χ2v) is 4.89. The van der Waals surface area contributed by atoms with Crippen LogP contribution in [0.3, 0.4) is 0 Å². The highest BCUT2D eigenvalue weighted by molar-refractivity contribution is 5.83. The molecule has 9 nitrogen and oxygen atoms in total. The largest absolute Gasteiger partial charge is 0.511 e. The first-order valence-corrected chi connectivity index (χ1v) is 7.12. The molecule has 0 aliphatic heterocycles. The number of hydrogen-bond acceptors (Lipinski definition) is 7. The molecule has 3 rings (SSSR count). The van der Waals surface area contributed by atoms with Crippen molar-refractivity contribution >= 4 is 17.3 Å². The maximum atomic E-state index is 10.8. The average molecular weight is 345 g/mol. The van der Waals surface area contributed by atoms with E-state index in [0.29, 0.717) is 39.7 Å². The minimum absolute atomic E-state index is 0.0734. The lowest BCUT2D eigenvalue weighted by molar-refractivity contribution is 0.145. The van der Waals surface area contributed by atoms with Gasteiger partial charge in [0.2, 0.25) is 5.75 Å². The SMILES string of the molecule is COc1cc(-c2cnc3[nH]cc(OC(=O)O)c3n2)cc(OC)c1OC. The molecule has 25 heavy (non-hydrogen) atoms. The van der Waals surface area contributed by atoms with Crippen molar-refractivity contribution in [2.45, 2.75) is 0 Å². The smallest absolute Gasteiger partial charge is 0.493 e. The molecule has 0 amide bonds. The van der Waals surface area contributed by atoms with Gasteiger partial charge in [0.15, 0.2) is 28.4 Å². The summed E-state index contributed by atoms with van der Waals surface area (Å²) in [6.45, 7) is 0. The van der Waals surface area contributed by atoms with Gasteiger partial charge in [0.25, 0.3) is 0 Å². The van der Waals surface area contributed by atoms with E-state index in [0.717, 1.165) is 0 Å². The summed E-state index contributed by atoms with van der Waals surface area (Å²) in [5, 5.41) is 8.79. The molecule has 0 atom stereocenters. The van der Waals surface area contributed by atoms with Crippen molar-refractivity contribution in [1.82, 2.24) is 15.0 Å². The van der Waals surface area contributed by atoms with Crippen LogP contribution in [0.4, 0.5) is 4.79 Å². The van der Waals surface area contributed by atoms with Crippen molar-refractivity contribution < 1.29 is 28.8 Å². The zero-order chi connectivity index (χ0) is 18.0. The van der Waals surface area contributed by atoms with Crippen LogP contribution in [0, 0.1) is 0 Å². The number of benzene rings is 1. The van der Waals surface area contributed by atoms with E-state index in [4.69, 9.17) is 24.1 Å². The third-order valence-corrected chi connectivity index (χ3v) is 3.50. The number of carbonyl (C=O) groups is 1. The van der Waals surface area contributed by atoms with Crippen molar-refractivity contribution in [1.29, 1.82) is 0 Å². The summed E-state index contributed by atoms with van der Waals surface area (Å²) in [6.07, 6.45) is 1.50. The lowest BCUT2D eigenvalue weighted by Crippen LogP contribution is -2.02. The number of H-pyrrole nitrogens is 1. The number of fused-ring (bicyclic) bond motifs is 1. The van der Waals surface area contributed by atoms with Crippen molar-refractivity contribution in [3.05, 3.63) is 24.5 Å². The maximum absolute atomic E-state index is 10.8. The Hall–Kier alpha value is -3.49. The lowest BCUT2D eigenvalue weighted by atomic mass is 10.1. The van der Waals surface area contributed by atoms with Gasteiger partial charge in [-0.1, -0.05) is 0 Å². The molecular weight excluding hydrogens is 330 g/mol. The van der Waals surface area contributed by atoms with Crippen LogP contribution in [-0.4, -0.2) is 47.5 Å². The Morgan fingerprint density at radius 3 is 2.32 bits per heavy atom. The molecule has 0 aliphatic rings. The van der Waals surface area contributed by atoms with Crippen LogP contribution in [0.2, 0.25) is 0 Å². The fraction of sp³-hybridized carbons (Fsp3) is 0.188. The minimum atomic E-state index is -1.43. The Morgan fingerprint density at radius 1 is 1.08 bits per heavy atom. The number of rotatable bonds is 5. The van der Waals surface area contributed by atoms with E-state index in [1.54, 1.807) is 18.3 Å². The van der Waals surface area contributed by atoms with E-state index in [-0.39, 0.29) is 5.75 Å². The molecule has 0 saturated carbocycles. The Kier molecular flexibility index (Phi) is 4.29. The van der Waals surface area contributed by atoms with Gasteiger partial charge in [-0.2, -0.15) is 0 Å². The summed E-state index contributed by atoms with van der Waals surface area (Å²) in [4.78, 5) is 22.2. The minimum Gasteiger partial charge on any atom is -0.493 e. The van der Waals surface area contributed by atoms with Gasteiger partial charge in [0.05, 0.1) is 33.2 Å². The molecule has 9 heteroatoms. The standard InChI is InChI=1S/C16H15N3O6/c1-22-10-4-8(5-11(23-2)14(10)24-3)9-6-17-15-13(19-9)12(7-18-15)25-16(20)21/h4-7H,1-3H3,(H,17,18)(H,20,21). The molecule has 0 aliphatic carbocycles. The topological polar surface area (TPSA) is 116 Å². The second-order valence-electron chi connectivity index (χ2n) is 4.89. The highest BCUT2D eigenvalue weighted by atomic mass is 16.7. The van der Waals surface area contributed by atoms with Gasteiger partial charge in [-0.25, -0.2) is 14.8 Å². The van der Waals surface area contributed by atoms with Gasteiger partial charge in [0.1, 0.15) is 0 Å². The molecule has 0 saturated heterocycles. The molecule has 0 fully saturated rings. The molecule has 2 aromatic heterocycles. The van der Waals surface area contributed by atoms with E-state index >= 15 is 0 Å². The summed E-state index contributed by atoms with van der Waals surface area (Å²) in [5.41, 5.74) is 1.86. The number of carboxylic acid groups (broad SMARTS) is 1. The van der Waals surface area contributed by atoms with Crippen LogP contribution in [0.1, 0.15) is 0 Å². The zero-order valence-electron chi connectivity index (χ0n) is 13.7. The summed E-state index contributed by atoms with van der Waals surface area (Å²) in [7, 11) is 4.54. The highest BCUT2D eigenvalue weighted by Crippen LogP contribution is 2.41. The van der Waals surface area contributed by atoms with E-state index in [2.05, 4.69) is 15.0 Å². The number of nitrogens with one attached hydrogen (secondary N) is 1. The van der Waals surface area contributed by atoms with Crippen LogP contribution < -0.4 is 18.9 Å². The van der Waals surface area contributed by atoms with Crippen LogP contribution in [-0.2, 0) is 0 Å². The Morgan fingerprint density at radius 2 is 1.76 bits per heavy atom. The van der Waals surface area contributed by atoms with E-state index < -0.39 is 6.16 Å². The molecule has 1 aromatic carbocycles. The fourth-order valence-corrected chi connectivity index (χ4v) is 2.41. The first-order valence-electron chi connectivity index (χ1n) is 7.12. The van der Waals surface area contributed by atoms with Gasteiger partial charge in [0, 0.05) is 11.8 Å². The molecule has 2 N–H and O–H groups in total. The number of aromatic amines is 1. The second kappa shape index (κ2) is 6.56. The fourth-order valence-electron chi connectivity index (χ4n) is 2.41. The van der Waals surface area contributed by atoms with Crippen molar-refractivity contribution in [3.63, 3.8) is 0 Å². The lowest BCUT2D eigenvalue weighted by Gasteiger charge is -2.13. The monoisotopic (exact) mass is 345 g/mol. The Labute approximate surface area is 142 Å². The van der Waals surface area contributed by atoms with E-state index in [9.17, 15) is 4.79 Å². The van der Waals surface area contributed by atoms with E-state index in [1.165, 1.54) is 27.5 Å². The van der Waals surface area contributed by atoms with Gasteiger partial charge in [-0.15, -0.1) is 0 Å². The molecular formula is C16H15N3O6. The number of hydrogen-bond donors (Lipinski definition) is 2. The third kappa shape index (κ3) is 2.99. The molecule has 130 valence electrons. The predicted octanol–water partition coefficient (Wildman–Crippen LogP) is 2.71. The predicted molar refractivity (Wildman–Crippen MR) is 87.6 cm³/mol. The van der Waals surface area contributed by atoms with Crippen LogP contribution in [0.15, 0.2) is 24.5 Å². The van der Waals surface area contributed by atoms with Crippen molar-refractivity contribution in [2.24, 2.45) is 0 Å². The van der Waals surface area contributed by atoms with Gasteiger partial charge < -0.3 is 29.0 Å². The summed E-state index contributed by atoms with van der Waals surface area (Å²) < 4.78 is 20.6. The van der Waals surface area contributed by atoms with Gasteiger partial charge in [-0.05, 0) is 12.1 Å². The summed E-state index contributed by atoms with van der Waals surface area (Å²) >= 11 is 0. The quantitative estimate of drug-likeness (QED) is 0.678. The molecule has 2 heterocycles. The van der Waals surface area contributed by atoms with E-state index in [1.807, 2.05) is 0 Å². The van der Waals surface area contributed by atoms with Crippen LogP contribution in [0.5, 0.6) is 23.0 Å². The Bertz CT molecular complexity index is 912. The van der Waals surface area contributed by atoms with Crippen LogP contribution >= 0.6 is 0 Å². The number of ether oxygens (including phenoxy) is 4. The van der Waals surface area contributed by atoms with Gasteiger partial charge >= 0.3 is 6.16 Å². The molecule has 0 radical (unpaired) electrons. The highest BCUT2D eigenvalue weighted by Gasteiger charge is 2.17. The van der Waals surface area contributed by atoms with Gasteiger partial charge in [-0.3, -0.25) is 0 Å². The number of aromatic nitrogens is 3. The third-order valence-electron chi connectivity index (χ3n) is 3.50. The summed E-state index contributed by atoms with van der Waals surface area (Å²) in [5.74, 6) is 1.47. The first-order chi connectivity index (χ1) is 12.1. The number of methoxy groups -OCH3 is 3. The molecule has 0 bridgehead atoms. The van der Waals surface area contributed by atoms with Crippen LogP contribution in [0.25, 0.3) is 22.4 Å². The normalized spacial score (nSPS) is 10.5. The maximum Gasteiger partial charge on any atom is 0.511 e. The zero-order valence-corrected chi connectivity index (χ0v) is 13.7. The van der Waals surface area contributed by atoms with Crippen molar-refractivity contribution in [3.8, 4) is 34.3 Å². The number of nitrogens with zero attached hydrogens (tertiary/aromatic N) is 2.